The van der Waals surface area contributed by atoms with Gasteiger partial charge in [-0.25, -0.2) is 0 Å². The molecule has 0 spiro atoms. The number of aliphatic hydroxyl groups is 1. The number of hydrogen-bond acceptors (Lipinski definition) is 4. The SMILES string of the molecule is CS(=O)(=O)OCC1CCC(CO)CC1. The zero-order valence-electron chi connectivity index (χ0n) is 8.48. The fourth-order valence-corrected chi connectivity index (χ4v) is 2.24. The van der Waals surface area contributed by atoms with Crippen LogP contribution >= 0.6 is 0 Å². The van der Waals surface area contributed by atoms with Gasteiger partial charge in [-0.1, -0.05) is 0 Å². The van der Waals surface area contributed by atoms with Crippen LogP contribution < -0.4 is 0 Å². The van der Waals surface area contributed by atoms with Gasteiger partial charge in [-0.3, -0.25) is 4.18 Å². The standard InChI is InChI=1S/C9H18O4S/c1-14(11,12)13-7-9-4-2-8(6-10)3-5-9/h8-10H,2-7H2,1H3. The summed E-state index contributed by atoms with van der Waals surface area (Å²) in [7, 11) is -3.29. The van der Waals surface area contributed by atoms with Gasteiger partial charge in [0.2, 0.25) is 0 Å². The van der Waals surface area contributed by atoms with Gasteiger partial charge in [0, 0.05) is 6.61 Å². The van der Waals surface area contributed by atoms with Crippen molar-refractivity contribution in [2.45, 2.75) is 25.7 Å². The lowest BCUT2D eigenvalue weighted by Gasteiger charge is -2.26. The predicted octanol–water partition coefficient (Wildman–Crippen LogP) is 0.761. The van der Waals surface area contributed by atoms with E-state index in [9.17, 15) is 8.42 Å². The predicted molar refractivity (Wildman–Crippen MR) is 53.3 cm³/mol. The summed E-state index contributed by atoms with van der Waals surface area (Å²) in [6.07, 6.45) is 4.95. The molecule has 1 aliphatic carbocycles. The summed E-state index contributed by atoms with van der Waals surface area (Å²) in [6.45, 7) is 0.552. The van der Waals surface area contributed by atoms with Crippen molar-refractivity contribution in [2.24, 2.45) is 11.8 Å². The highest BCUT2D eigenvalue weighted by Crippen LogP contribution is 2.28. The minimum absolute atomic E-state index is 0.250. The molecule has 1 fully saturated rings. The lowest BCUT2D eigenvalue weighted by molar-refractivity contribution is 0.141. The van der Waals surface area contributed by atoms with Crippen LogP contribution in [-0.2, 0) is 14.3 Å². The van der Waals surface area contributed by atoms with Crippen molar-refractivity contribution in [3.63, 3.8) is 0 Å². The van der Waals surface area contributed by atoms with Gasteiger partial charge in [0.1, 0.15) is 0 Å². The van der Waals surface area contributed by atoms with Gasteiger partial charge in [-0.2, -0.15) is 8.42 Å². The maximum atomic E-state index is 10.7. The molecular formula is C9H18O4S. The molecule has 1 saturated carbocycles. The summed E-state index contributed by atoms with van der Waals surface area (Å²) in [5, 5.41) is 8.91. The normalized spacial score (nSPS) is 29.0. The topological polar surface area (TPSA) is 63.6 Å². The Bertz CT molecular complexity index is 252. The molecule has 0 atom stereocenters. The maximum absolute atomic E-state index is 10.7. The van der Waals surface area contributed by atoms with E-state index in [1.165, 1.54) is 0 Å². The summed E-state index contributed by atoms with van der Waals surface area (Å²) in [6, 6.07) is 0. The molecule has 84 valence electrons. The van der Waals surface area contributed by atoms with E-state index in [4.69, 9.17) is 9.29 Å². The Hall–Kier alpha value is -0.130. The Morgan fingerprint density at radius 3 is 2.14 bits per heavy atom. The first-order valence-electron chi connectivity index (χ1n) is 4.96. The van der Waals surface area contributed by atoms with Crippen molar-refractivity contribution >= 4 is 10.1 Å². The van der Waals surface area contributed by atoms with Gasteiger partial charge in [-0.15, -0.1) is 0 Å². The van der Waals surface area contributed by atoms with Crippen LogP contribution in [0.3, 0.4) is 0 Å². The third-order valence-corrected chi connectivity index (χ3v) is 3.31. The van der Waals surface area contributed by atoms with E-state index in [0.29, 0.717) is 18.4 Å². The summed E-state index contributed by atoms with van der Waals surface area (Å²) in [4.78, 5) is 0. The Kier molecular flexibility index (Phi) is 4.34. The highest BCUT2D eigenvalue weighted by atomic mass is 32.2. The molecule has 0 heterocycles. The van der Waals surface area contributed by atoms with Crippen LogP contribution in [0.4, 0.5) is 0 Å². The Labute approximate surface area is 85.4 Å². The molecule has 14 heavy (non-hydrogen) atoms. The van der Waals surface area contributed by atoms with E-state index >= 15 is 0 Å². The average molecular weight is 222 g/mol. The molecule has 0 aromatic rings. The van der Waals surface area contributed by atoms with Gasteiger partial charge < -0.3 is 5.11 Å². The van der Waals surface area contributed by atoms with Crippen LogP contribution in [0.1, 0.15) is 25.7 Å². The Balaban J connectivity index is 2.23. The number of aliphatic hydroxyl groups excluding tert-OH is 1. The van der Waals surface area contributed by atoms with Crippen LogP contribution in [0.5, 0.6) is 0 Å². The van der Waals surface area contributed by atoms with Crippen molar-refractivity contribution in [1.29, 1.82) is 0 Å². The van der Waals surface area contributed by atoms with Crippen molar-refractivity contribution in [3.05, 3.63) is 0 Å². The lowest BCUT2D eigenvalue weighted by atomic mass is 9.83. The van der Waals surface area contributed by atoms with E-state index < -0.39 is 10.1 Å². The van der Waals surface area contributed by atoms with Crippen LogP contribution in [0, 0.1) is 11.8 Å². The van der Waals surface area contributed by atoms with Crippen molar-refractivity contribution < 1.29 is 17.7 Å². The summed E-state index contributed by atoms with van der Waals surface area (Å²) in [5.41, 5.74) is 0. The zero-order valence-corrected chi connectivity index (χ0v) is 9.29. The van der Waals surface area contributed by atoms with E-state index in [0.717, 1.165) is 31.9 Å². The molecule has 5 heteroatoms. The van der Waals surface area contributed by atoms with Crippen LogP contribution in [0.15, 0.2) is 0 Å². The fourth-order valence-electron chi connectivity index (χ4n) is 1.80. The largest absolute Gasteiger partial charge is 0.396 e. The Morgan fingerprint density at radius 2 is 1.71 bits per heavy atom. The molecule has 0 radical (unpaired) electrons. The summed E-state index contributed by atoms with van der Waals surface area (Å²) in [5.74, 6) is 0.747. The third kappa shape index (κ3) is 4.39. The van der Waals surface area contributed by atoms with Gasteiger partial charge in [-0.05, 0) is 37.5 Å². The molecule has 0 saturated heterocycles. The van der Waals surface area contributed by atoms with Gasteiger partial charge in [0.15, 0.2) is 0 Å². The zero-order chi connectivity index (χ0) is 10.6. The smallest absolute Gasteiger partial charge is 0.264 e. The van der Waals surface area contributed by atoms with E-state index in [1.807, 2.05) is 0 Å². The first-order chi connectivity index (χ1) is 6.51. The Morgan fingerprint density at radius 1 is 1.21 bits per heavy atom. The molecule has 1 aliphatic rings. The lowest BCUT2D eigenvalue weighted by Crippen LogP contribution is -2.21. The first kappa shape index (κ1) is 11.9. The highest BCUT2D eigenvalue weighted by molar-refractivity contribution is 7.85. The molecule has 0 aromatic carbocycles. The summed E-state index contributed by atoms with van der Waals surface area (Å²) < 4.78 is 26.2. The molecular weight excluding hydrogens is 204 g/mol. The van der Waals surface area contributed by atoms with Crippen molar-refractivity contribution in [2.75, 3.05) is 19.5 Å². The van der Waals surface area contributed by atoms with Crippen LogP contribution in [-0.4, -0.2) is 33.0 Å². The second-order valence-corrected chi connectivity index (χ2v) is 5.70. The van der Waals surface area contributed by atoms with Crippen LogP contribution in [0.2, 0.25) is 0 Å². The highest BCUT2D eigenvalue weighted by Gasteiger charge is 2.21. The molecule has 1 N–H and O–H groups in total. The van der Waals surface area contributed by atoms with E-state index in [2.05, 4.69) is 0 Å². The average Bonchev–Trinajstić information content (AvgIpc) is 2.14. The monoisotopic (exact) mass is 222 g/mol. The van der Waals surface area contributed by atoms with Gasteiger partial charge in [0.05, 0.1) is 12.9 Å². The van der Waals surface area contributed by atoms with E-state index in [1.54, 1.807) is 0 Å². The third-order valence-electron chi connectivity index (χ3n) is 2.74. The number of rotatable bonds is 4. The molecule has 0 amide bonds. The van der Waals surface area contributed by atoms with Crippen molar-refractivity contribution in [3.8, 4) is 0 Å². The second kappa shape index (κ2) is 5.09. The molecule has 4 nitrogen and oxygen atoms in total. The first-order valence-corrected chi connectivity index (χ1v) is 6.78. The van der Waals surface area contributed by atoms with Crippen molar-refractivity contribution in [1.82, 2.24) is 0 Å². The fraction of sp³-hybridized carbons (Fsp3) is 1.00. The maximum Gasteiger partial charge on any atom is 0.264 e. The molecule has 0 aliphatic heterocycles. The summed E-state index contributed by atoms with van der Waals surface area (Å²) >= 11 is 0. The molecule has 0 unspecified atom stereocenters. The minimum Gasteiger partial charge on any atom is -0.396 e. The quantitative estimate of drug-likeness (QED) is 0.713. The number of hydrogen-bond donors (Lipinski definition) is 1. The molecule has 0 bridgehead atoms. The minimum atomic E-state index is -3.29. The van der Waals surface area contributed by atoms with Crippen LogP contribution in [0.25, 0.3) is 0 Å². The van der Waals surface area contributed by atoms with Gasteiger partial charge >= 0.3 is 0 Å². The molecule has 0 aromatic heterocycles. The molecule has 1 rings (SSSR count). The van der Waals surface area contributed by atoms with E-state index in [-0.39, 0.29) is 6.61 Å². The van der Waals surface area contributed by atoms with Gasteiger partial charge in [0.25, 0.3) is 10.1 Å². The second-order valence-electron chi connectivity index (χ2n) is 4.06.